The number of rotatable bonds is 3. The highest BCUT2D eigenvalue weighted by atomic mass is 79.9. The van der Waals surface area contributed by atoms with Crippen LogP contribution in [0.15, 0.2) is 22.8 Å². The summed E-state index contributed by atoms with van der Waals surface area (Å²) in [6.45, 7) is 4.85. The van der Waals surface area contributed by atoms with Gasteiger partial charge in [-0.3, -0.25) is 10.1 Å². The van der Waals surface area contributed by atoms with Crippen LogP contribution in [-0.4, -0.2) is 25.0 Å². The van der Waals surface area contributed by atoms with Crippen LogP contribution < -0.4 is 0 Å². The summed E-state index contributed by atoms with van der Waals surface area (Å²) < 4.78 is 2.05. The van der Waals surface area contributed by atoms with E-state index in [1.165, 1.54) is 10.7 Å². The van der Waals surface area contributed by atoms with E-state index in [0.29, 0.717) is 21.4 Å². The SMILES string of the molecule is Cc1cc(Br)c(-n2cc(C(C)(C)O)nn2)cc1[N+](=O)[O-]. The van der Waals surface area contributed by atoms with Gasteiger partial charge in [0.15, 0.2) is 0 Å². The Bertz CT molecular complexity index is 676. The fourth-order valence-electron chi connectivity index (χ4n) is 1.68. The van der Waals surface area contributed by atoms with Crippen LogP contribution >= 0.6 is 15.9 Å². The molecule has 2 rings (SSSR count). The van der Waals surface area contributed by atoms with Crippen LogP contribution in [-0.2, 0) is 5.60 Å². The number of hydrogen-bond acceptors (Lipinski definition) is 5. The van der Waals surface area contributed by atoms with Crippen molar-refractivity contribution in [3.8, 4) is 5.69 Å². The van der Waals surface area contributed by atoms with Crippen LogP contribution in [0.2, 0.25) is 0 Å². The molecule has 0 aliphatic heterocycles. The van der Waals surface area contributed by atoms with Crippen molar-refractivity contribution in [2.24, 2.45) is 0 Å². The first kappa shape index (κ1) is 14.6. The number of halogens is 1. The fraction of sp³-hybridized carbons (Fsp3) is 0.333. The molecule has 8 heteroatoms. The summed E-state index contributed by atoms with van der Waals surface area (Å²) >= 11 is 3.35. The zero-order chi connectivity index (χ0) is 15.1. The van der Waals surface area contributed by atoms with Gasteiger partial charge in [-0.05, 0) is 42.8 Å². The second kappa shape index (κ2) is 4.95. The molecular weight excluding hydrogens is 328 g/mol. The number of hydrogen-bond donors (Lipinski definition) is 1. The molecular formula is C12H13BrN4O3. The quantitative estimate of drug-likeness (QED) is 0.684. The molecule has 0 aliphatic carbocycles. The first-order valence-corrected chi connectivity index (χ1v) is 6.59. The largest absolute Gasteiger partial charge is 0.384 e. The second-order valence-corrected chi connectivity index (χ2v) is 5.81. The summed E-state index contributed by atoms with van der Waals surface area (Å²) in [5.41, 5.74) is 0.302. The third-order valence-corrected chi connectivity index (χ3v) is 3.46. The molecule has 1 heterocycles. The molecule has 1 N–H and O–H groups in total. The van der Waals surface area contributed by atoms with Crippen LogP contribution in [0.1, 0.15) is 25.1 Å². The molecule has 1 aromatic carbocycles. The Morgan fingerprint density at radius 3 is 2.60 bits per heavy atom. The van der Waals surface area contributed by atoms with Crippen LogP contribution in [0, 0.1) is 17.0 Å². The number of benzene rings is 1. The van der Waals surface area contributed by atoms with Crippen molar-refractivity contribution in [1.29, 1.82) is 0 Å². The number of nitrogens with zero attached hydrogens (tertiary/aromatic N) is 4. The Hall–Kier alpha value is -1.80. The normalized spacial score (nSPS) is 11.7. The highest BCUT2D eigenvalue weighted by Crippen LogP contribution is 2.29. The average Bonchev–Trinajstić information content (AvgIpc) is 2.77. The summed E-state index contributed by atoms with van der Waals surface area (Å²) in [6, 6.07) is 3.07. The summed E-state index contributed by atoms with van der Waals surface area (Å²) in [7, 11) is 0. The second-order valence-electron chi connectivity index (χ2n) is 4.95. The molecule has 0 atom stereocenters. The van der Waals surface area contributed by atoms with Crippen molar-refractivity contribution < 1.29 is 10.0 Å². The first-order chi connectivity index (χ1) is 9.20. The van der Waals surface area contributed by atoms with Crippen LogP contribution in [0.3, 0.4) is 0 Å². The first-order valence-electron chi connectivity index (χ1n) is 5.80. The Labute approximate surface area is 123 Å². The van der Waals surface area contributed by atoms with Crippen molar-refractivity contribution in [1.82, 2.24) is 15.0 Å². The lowest BCUT2D eigenvalue weighted by Gasteiger charge is -2.12. The zero-order valence-corrected chi connectivity index (χ0v) is 12.7. The number of aliphatic hydroxyl groups is 1. The van der Waals surface area contributed by atoms with E-state index in [1.807, 2.05) is 0 Å². The Kier molecular flexibility index (Phi) is 3.61. The lowest BCUT2D eigenvalue weighted by molar-refractivity contribution is -0.385. The number of nitro groups is 1. The highest BCUT2D eigenvalue weighted by molar-refractivity contribution is 9.10. The van der Waals surface area contributed by atoms with Gasteiger partial charge in [0.05, 0.1) is 16.8 Å². The molecule has 20 heavy (non-hydrogen) atoms. The minimum absolute atomic E-state index is 0.00325. The van der Waals surface area contributed by atoms with Gasteiger partial charge in [0.2, 0.25) is 0 Å². The van der Waals surface area contributed by atoms with Gasteiger partial charge in [-0.25, -0.2) is 4.68 Å². The Morgan fingerprint density at radius 1 is 1.45 bits per heavy atom. The minimum Gasteiger partial charge on any atom is -0.384 e. The van der Waals surface area contributed by atoms with Gasteiger partial charge in [0.25, 0.3) is 5.69 Å². The third kappa shape index (κ3) is 2.70. The highest BCUT2D eigenvalue weighted by Gasteiger charge is 2.22. The van der Waals surface area contributed by atoms with Crippen LogP contribution in [0.5, 0.6) is 0 Å². The predicted octanol–water partition coefficient (Wildman–Crippen LogP) is 2.47. The van der Waals surface area contributed by atoms with Gasteiger partial charge in [-0.15, -0.1) is 5.10 Å². The van der Waals surface area contributed by atoms with Crippen molar-refractivity contribution in [3.05, 3.63) is 44.2 Å². The molecule has 2 aromatic rings. The van der Waals surface area contributed by atoms with E-state index in [9.17, 15) is 15.2 Å². The number of aryl methyl sites for hydroxylation is 1. The molecule has 0 fully saturated rings. The molecule has 0 radical (unpaired) electrons. The Balaban J connectivity index is 2.55. The topological polar surface area (TPSA) is 94.1 Å². The summed E-state index contributed by atoms with van der Waals surface area (Å²) in [5, 5.41) is 28.6. The van der Waals surface area contributed by atoms with Crippen LogP contribution in [0.4, 0.5) is 5.69 Å². The molecule has 0 aliphatic rings. The van der Waals surface area contributed by atoms with Gasteiger partial charge < -0.3 is 5.11 Å². The van der Waals surface area contributed by atoms with E-state index >= 15 is 0 Å². The average molecular weight is 341 g/mol. The van der Waals surface area contributed by atoms with Crippen LogP contribution in [0.25, 0.3) is 5.69 Å². The molecule has 0 spiro atoms. The van der Waals surface area contributed by atoms with E-state index in [-0.39, 0.29) is 5.69 Å². The molecule has 7 nitrogen and oxygen atoms in total. The smallest absolute Gasteiger partial charge is 0.274 e. The third-order valence-electron chi connectivity index (χ3n) is 2.83. The van der Waals surface area contributed by atoms with Crippen molar-refractivity contribution in [2.45, 2.75) is 26.4 Å². The van der Waals surface area contributed by atoms with Gasteiger partial charge in [0.1, 0.15) is 11.3 Å². The maximum atomic E-state index is 11.0. The van der Waals surface area contributed by atoms with Gasteiger partial charge in [-0.2, -0.15) is 0 Å². The number of nitro benzene ring substituents is 1. The summed E-state index contributed by atoms with van der Waals surface area (Å²) in [6.07, 6.45) is 1.54. The van der Waals surface area contributed by atoms with Gasteiger partial charge in [0, 0.05) is 16.1 Å². The molecule has 1 aromatic heterocycles. The molecule has 0 saturated heterocycles. The standard InChI is InChI=1S/C12H13BrN4O3/c1-7-4-8(13)10(5-9(7)17(19)20)16-6-11(14-15-16)12(2,3)18/h4-6,18H,1-3H3. The van der Waals surface area contributed by atoms with Gasteiger partial charge in [-0.1, -0.05) is 5.21 Å². The maximum absolute atomic E-state index is 11.0. The van der Waals surface area contributed by atoms with Gasteiger partial charge >= 0.3 is 0 Å². The van der Waals surface area contributed by atoms with E-state index < -0.39 is 10.5 Å². The van der Waals surface area contributed by atoms with Crippen molar-refractivity contribution >= 4 is 21.6 Å². The number of aromatic nitrogens is 3. The van der Waals surface area contributed by atoms with Crippen molar-refractivity contribution in [3.63, 3.8) is 0 Å². The maximum Gasteiger partial charge on any atom is 0.274 e. The Morgan fingerprint density at radius 2 is 2.10 bits per heavy atom. The lowest BCUT2D eigenvalue weighted by atomic mass is 10.1. The van der Waals surface area contributed by atoms with E-state index in [0.717, 1.165) is 0 Å². The fourth-order valence-corrected chi connectivity index (χ4v) is 2.32. The monoisotopic (exact) mass is 340 g/mol. The zero-order valence-electron chi connectivity index (χ0n) is 11.2. The summed E-state index contributed by atoms with van der Waals surface area (Å²) in [4.78, 5) is 10.5. The molecule has 0 unspecified atom stereocenters. The predicted molar refractivity (Wildman–Crippen MR) is 75.7 cm³/mol. The van der Waals surface area contributed by atoms with E-state index in [4.69, 9.17) is 0 Å². The lowest BCUT2D eigenvalue weighted by Crippen LogP contribution is -2.15. The minimum atomic E-state index is -1.12. The summed E-state index contributed by atoms with van der Waals surface area (Å²) in [5.74, 6) is 0. The molecule has 0 bridgehead atoms. The van der Waals surface area contributed by atoms with Crippen molar-refractivity contribution in [2.75, 3.05) is 0 Å². The molecule has 106 valence electrons. The van der Waals surface area contributed by atoms with E-state index in [1.54, 1.807) is 33.0 Å². The molecule has 0 amide bonds. The van der Waals surface area contributed by atoms with E-state index in [2.05, 4.69) is 26.2 Å². The molecule has 0 saturated carbocycles.